The average molecular weight is 157 g/mol. The first kappa shape index (κ1) is 10.5. The van der Waals surface area contributed by atoms with Gasteiger partial charge in [-0.15, -0.1) is 0 Å². The highest BCUT2D eigenvalue weighted by atomic mass is 16.1. The Morgan fingerprint density at radius 3 is 2.27 bits per heavy atom. The highest BCUT2D eigenvalue weighted by molar-refractivity contribution is 5.75. The Bertz CT molecular complexity index is 124. The molecule has 0 aliphatic rings. The Morgan fingerprint density at radius 2 is 1.91 bits per heavy atom. The molecule has 2 heteroatoms. The molecule has 0 fully saturated rings. The standard InChI is InChI=1S/C9H19NO/c1-5-6-8(11)10-7-9(2,3)4/h5-7H2,1-4H3,(H,10,11). The van der Waals surface area contributed by atoms with Crippen LogP contribution >= 0.6 is 0 Å². The Hall–Kier alpha value is -0.530. The Kier molecular flexibility index (Phi) is 4.16. The van der Waals surface area contributed by atoms with Gasteiger partial charge in [-0.05, 0) is 11.8 Å². The summed E-state index contributed by atoms with van der Waals surface area (Å²) in [5.41, 5.74) is 0.198. The summed E-state index contributed by atoms with van der Waals surface area (Å²) >= 11 is 0. The molecule has 0 aromatic rings. The molecular weight excluding hydrogens is 138 g/mol. The van der Waals surface area contributed by atoms with Gasteiger partial charge in [-0.25, -0.2) is 0 Å². The van der Waals surface area contributed by atoms with Crippen molar-refractivity contribution in [3.05, 3.63) is 0 Å². The Morgan fingerprint density at radius 1 is 1.36 bits per heavy atom. The molecule has 0 aromatic carbocycles. The van der Waals surface area contributed by atoms with E-state index in [1.54, 1.807) is 0 Å². The van der Waals surface area contributed by atoms with Crippen molar-refractivity contribution >= 4 is 5.91 Å². The van der Waals surface area contributed by atoms with E-state index in [0.717, 1.165) is 13.0 Å². The van der Waals surface area contributed by atoms with Crippen LogP contribution in [0.15, 0.2) is 0 Å². The molecule has 2 nitrogen and oxygen atoms in total. The monoisotopic (exact) mass is 157 g/mol. The van der Waals surface area contributed by atoms with Crippen LogP contribution in [0.4, 0.5) is 0 Å². The second-order valence-corrected chi connectivity index (χ2v) is 4.09. The van der Waals surface area contributed by atoms with Crippen molar-refractivity contribution in [2.45, 2.75) is 40.5 Å². The summed E-state index contributed by atoms with van der Waals surface area (Å²) in [5.74, 6) is 0.169. The maximum Gasteiger partial charge on any atom is 0.220 e. The van der Waals surface area contributed by atoms with E-state index < -0.39 is 0 Å². The fourth-order valence-electron chi connectivity index (χ4n) is 0.679. The second kappa shape index (κ2) is 4.37. The molecule has 0 rings (SSSR count). The normalized spacial score (nSPS) is 11.3. The van der Waals surface area contributed by atoms with Crippen LogP contribution in [0.2, 0.25) is 0 Å². The third-order valence-electron chi connectivity index (χ3n) is 1.29. The fourth-order valence-corrected chi connectivity index (χ4v) is 0.679. The van der Waals surface area contributed by atoms with E-state index in [9.17, 15) is 4.79 Å². The van der Waals surface area contributed by atoms with Crippen LogP contribution in [-0.2, 0) is 4.79 Å². The molecule has 0 heterocycles. The van der Waals surface area contributed by atoms with Gasteiger partial charge in [0.1, 0.15) is 0 Å². The molecule has 0 aliphatic heterocycles. The van der Waals surface area contributed by atoms with E-state index in [-0.39, 0.29) is 11.3 Å². The molecule has 0 aliphatic carbocycles. The van der Waals surface area contributed by atoms with Crippen molar-refractivity contribution in [2.24, 2.45) is 5.41 Å². The average Bonchev–Trinajstić information content (AvgIpc) is 1.83. The van der Waals surface area contributed by atoms with Gasteiger partial charge < -0.3 is 5.32 Å². The van der Waals surface area contributed by atoms with Gasteiger partial charge in [0, 0.05) is 13.0 Å². The summed E-state index contributed by atoms with van der Waals surface area (Å²) in [4.78, 5) is 11.0. The minimum atomic E-state index is 0.169. The van der Waals surface area contributed by atoms with E-state index in [1.807, 2.05) is 6.92 Å². The van der Waals surface area contributed by atoms with Gasteiger partial charge in [-0.1, -0.05) is 27.7 Å². The van der Waals surface area contributed by atoms with Crippen molar-refractivity contribution in [3.63, 3.8) is 0 Å². The fraction of sp³-hybridized carbons (Fsp3) is 0.889. The summed E-state index contributed by atoms with van der Waals surface area (Å²) in [6.07, 6.45) is 1.58. The van der Waals surface area contributed by atoms with Crippen molar-refractivity contribution in [3.8, 4) is 0 Å². The zero-order chi connectivity index (χ0) is 8.91. The van der Waals surface area contributed by atoms with Gasteiger partial charge in [0.2, 0.25) is 5.91 Å². The molecule has 0 bridgehead atoms. The quantitative estimate of drug-likeness (QED) is 0.666. The van der Waals surface area contributed by atoms with Crippen molar-refractivity contribution < 1.29 is 4.79 Å². The van der Waals surface area contributed by atoms with Gasteiger partial charge in [-0.3, -0.25) is 4.79 Å². The zero-order valence-electron chi connectivity index (χ0n) is 8.03. The smallest absolute Gasteiger partial charge is 0.220 e. The first-order valence-corrected chi connectivity index (χ1v) is 4.22. The van der Waals surface area contributed by atoms with E-state index in [1.165, 1.54) is 0 Å². The van der Waals surface area contributed by atoms with Crippen LogP contribution in [0, 0.1) is 5.41 Å². The first-order chi connectivity index (χ1) is 4.95. The van der Waals surface area contributed by atoms with E-state index >= 15 is 0 Å². The highest BCUT2D eigenvalue weighted by Gasteiger charge is 2.10. The molecule has 0 saturated heterocycles. The minimum Gasteiger partial charge on any atom is -0.356 e. The molecule has 0 saturated carbocycles. The van der Waals surface area contributed by atoms with Gasteiger partial charge in [0.05, 0.1) is 0 Å². The number of carbonyl (C=O) groups is 1. The van der Waals surface area contributed by atoms with E-state index in [2.05, 4.69) is 26.1 Å². The summed E-state index contributed by atoms with van der Waals surface area (Å²) in [6.45, 7) is 9.11. The van der Waals surface area contributed by atoms with E-state index in [4.69, 9.17) is 0 Å². The lowest BCUT2D eigenvalue weighted by Gasteiger charge is -2.18. The molecule has 11 heavy (non-hydrogen) atoms. The number of nitrogens with one attached hydrogen (secondary N) is 1. The van der Waals surface area contributed by atoms with Crippen molar-refractivity contribution in [2.75, 3.05) is 6.54 Å². The highest BCUT2D eigenvalue weighted by Crippen LogP contribution is 2.10. The molecule has 0 radical (unpaired) electrons. The van der Waals surface area contributed by atoms with Gasteiger partial charge in [0.15, 0.2) is 0 Å². The maximum absolute atomic E-state index is 11.0. The van der Waals surface area contributed by atoms with Crippen LogP contribution in [0.1, 0.15) is 40.5 Å². The largest absolute Gasteiger partial charge is 0.356 e. The number of hydrogen-bond donors (Lipinski definition) is 1. The number of amides is 1. The van der Waals surface area contributed by atoms with Crippen LogP contribution in [0.5, 0.6) is 0 Å². The predicted octanol–water partition coefficient (Wildman–Crippen LogP) is 1.95. The molecule has 66 valence electrons. The summed E-state index contributed by atoms with van der Waals surface area (Å²) < 4.78 is 0. The minimum absolute atomic E-state index is 0.169. The van der Waals surface area contributed by atoms with Gasteiger partial charge in [0.25, 0.3) is 0 Å². The lowest BCUT2D eigenvalue weighted by Crippen LogP contribution is -2.31. The number of rotatable bonds is 3. The summed E-state index contributed by atoms with van der Waals surface area (Å²) in [5, 5.41) is 2.88. The Labute approximate surface area is 69.4 Å². The maximum atomic E-state index is 11.0. The lowest BCUT2D eigenvalue weighted by molar-refractivity contribution is -0.121. The van der Waals surface area contributed by atoms with Crippen LogP contribution in [0.25, 0.3) is 0 Å². The molecule has 0 unspecified atom stereocenters. The van der Waals surface area contributed by atoms with Crippen LogP contribution in [0.3, 0.4) is 0 Å². The molecule has 0 spiro atoms. The zero-order valence-corrected chi connectivity index (χ0v) is 8.03. The molecular formula is C9H19NO. The second-order valence-electron chi connectivity index (χ2n) is 4.09. The third kappa shape index (κ3) is 7.37. The van der Waals surface area contributed by atoms with Gasteiger partial charge in [-0.2, -0.15) is 0 Å². The number of hydrogen-bond acceptors (Lipinski definition) is 1. The summed E-state index contributed by atoms with van der Waals surface area (Å²) in [7, 11) is 0. The first-order valence-electron chi connectivity index (χ1n) is 4.22. The van der Waals surface area contributed by atoms with Crippen molar-refractivity contribution in [1.82, 2.24) is 5.32 Å². The molecule has 0 atom stereocenters. The predicted molar refractivity (Wildman–Crippen MR) is 47.4 cm³/mol. The van der Waals surface area contributed by atoms with Crippen molar-refractivity contribution in [1.29, 1.82) is 0 Å². The molecule has 1 amide bonds. The number of carbonyl (C=O) groups excluding carboxylic acids is 1. The van der Waals surface area contributed by atoms with Gasteiger partial charge >= 0.3 is 0 Å². The summed E-state index contributed by atoms with van der Waals surface area (Å²) in [6, 6.07) is 0. The van der Waals surface area contributed by atoms with Crippen LogP contribution < -0.4 is 5.32 Å². The topological polar surface area (TPSA) is 29.1 Å². The molecule has 0 aromatic heterocycles. The van der Waals surface area contributed by atoms with E-state index in [0.29, 0.717) is 6.42 Å². The Balaban J connectivity index is 3.46. The van der Waals surface area contributed by atoms with Crippen LogP contribution in [-0.4, -0.2) is 12.5 Å². The molecule has 1 N–H and O–H groups in total. The third-order valence-corrected chi connectivity index (χ3v) is 1.29. The SMILES string of the molecule is CCCC(=O)NCC(C)(C)C. The lowest BCUT2D eigenvalue weighted by atomic mass is 9.97.